The third-order valence-electron chi connectivity index (χ3n) is 3.28. The molecule has 3 N–H and O–H groups in total. The average Bonchev–Trinajstić information content (AvgIpc) is 2.76. The number of hydrogen-bond donors (Lipinski definition) is 2. The second kappa shape index (κ2) is 5.50. The average molecular weight is 277 g/mol. The summed E-state index contributed by atoms with van der Waals surface area (Å²) in [7, 11) is 1.35. The number of carbonyl (C=O) groups is 1. The van der Waals surface area contributed by atoms with Gasteiger partial charge in [-0.05, 0) is 24.1 Å². The molecule has 1 aromatic carbocycles. The number of aliphatic hydroxyl groups is 1. The summed E-state index contributed by atoms with van der Waals surface area (Å²) in [6.45, 7) is 3.59. The fourth-order valence-corrected chi connectivity index (χ4v) is 2.38. The van der Waals surface area contributed by atoms with Crippen LogP contribution in [0.5, 0.6) is 0 Å². The minimum absolute atomic E-state index is 0.00250. The van der Waals surface area contributed by atoms with Crippen molar-refractivity contribution in [3.05, 3.63) is 24.0 Å². The number of aliphatic hydroxyl groups excluding tert-OH is 1. The zero-order valence-corrected chi connectivity index (χ0v) is 11.8. The largest absolute Gasteiger partial charge is 0.467 e. The fraction of sp³-hybridized carbons (Fsp3) is 0.429. The van der Waals surface area contributed by atoms with Gasteiger partial charge in [-0.2, -0.15) is 0 Å². The normalized spacial score (nSPS) is 12.8. The molecule has 0 amide bonds. The Labute approximate surface area is 117 Å². The van der Waals surface area contributed by atoms with Crippen LogP contribution in [-0.4, -0.2) is 27.7 Å². The lowest BCUT2D eigenvalue weighted by Gasteiger charge is -2.22. The van der Waals surface area contributed by atoms with Crippen LogP contribution >= 0.6 is 0 Å². The molecule has 1 atom stereocenters. The molecule has 2 aromatic rings. The van der Waals surface area contributed by atoms with E-state index in [0.29, 0.717) is 17.0 Å². The highest BCUT2D eigenvalue weighted by molar-refractivity contribution is 5.83. The monoisotopic (exact) mass is 277 g/mol. The number of ether oxygens (including phenoxy) is 1. The number of nitrogen functional groups attached to an aromatic ring is 1. The molecule has 6 nitrogen and oxygen atoms in total. The highest BCUT2D eigenvalue weighted by atomic mass is 16.5. The predicted octanol–water partition coefficient (Wildman–Crippen LogP) is 1.48. The van der Waals surface area contributed by atoms with Gasteiger partial charge in [-0.1, -0.05) is 13.8 Å². The Kier molecular flexibility index (Phi) is 3.94. The van der Waals surface area contributed by atoms with E-state index in [0.717, 1.165) is 5.52 Å². The summed E-state index contributed by atoms with van der Waals surface area (Å²) in [4.78, 5) is 16.4. The van der Waals surface area contributed by atoms with Crippen molar-refractivity contribution in [3.63, 3.8) is 0 Å². The van der Waals surface area contributed by atoms with E-state index in [1.165, 1.54) is 7.11 Å². The molecule has 0 bridgehead atoms. The van der Waals surface area contributed by atoms with Gasteiger partial charge in [0.1, 0.15) is 18.5 Å². The molecule has 0 aliphatic rings. The van der Waals surface area contributed by atoms with Crippen LogP contribution in [0.15, 0.2) is 18.2 Å². The zero-order valence-electron chi connectivity index (χ0n) is 11.8. The first-order valence-electron chi connectivity index (χ1n) is 6.44. The highest BCUT2D eigenvalue weighted by Gasteiger charge is 2.29. The van der Waals surface area contributed by atoms with Crippen molar-refractivity contribution in [1.29, 1.82) is 0 Å². The van der Waals surface area contributed by atoms with Gasteiger partial charge in [0.15, 0.2) is 0 Å². The third-order valence-corrected chi connectivity index (χ3v) is 3.28. The number of fused-ring (bicyclic) bond motifs is 1. The van der Waals surface area contributed by atoms with E-state index < -0.39 is 6.04 Å². The number of esters is 1. The zero-order chi connectivity index (χ0) is 14.9. The van der Waals surface area contributed by atoms with Crippen LogP contribution < -0.4 is 5.73 Å². The molecule has 6 heteroatoms. The van der Waals surface area contributed by atoms with E-state index in [4.69, 9.17) is 10.5 Å². The first-order chi connectivity index (χ1) is 9.49. The van der Waals surface area contributed by atoms with Crippen LogP contribution in [-0.2, 0) is 16.1 Å². The Morgan fingerprint density at radius 1 is 1.50 bits per heavy atom. The maximum Gasteiger partial charge on any atom is 0.329 e. The maximum absolute atomic E-state index is 12.1. The smallest absolute Gasteiger partial charge is 0.329 e. The Hall–Kier alpha value is -2.08. The van der Waals surface area contributed by atoms with Crippen molar-refractivity contribution in [1.82, 2.24) is 9.55 Å². The van der Waals surface area contributed by atoms with Crippen LogP contribution in [0.4, 0.5) is 5.69 Å². The highest BCUT2D eigenvalue weighted by Crippen LogP contribution is 2.28. The van der Waals surface area contributed by atoms with Gasteiger partial charge in [-0.25, -0.2) is 9.78 Å². The van der Waals surface area contributed by atoms with Gasteiger partial charge in [-0.3, -0.25) is 0 Å². The van der Waals surface area contributed by atoms with Crippen LogP contribution in [0.25, 0.3) is 11.0 Å². The maximum atomic E-state index is 12.1. The lowest BCUT2D eigenvalue weighted by molar-refractivity contribution is -0.146. The number of imidazole rings is 1. The van der Waals surface area contributed by atoms with Gasteiger partial charge >= 0.3 is 5.97 Å². The topological polar surface area (TPSA) is 90.4 Å². The van der Waals surface area contributed by atoms with Crippen LogP contribution in [0.2, 0.25) is 0 Å². The first-order valence-corrected chi connectivity index (χ1v) is 6.44. The molecule has 0 saturated heterocycles. The second-order valence-electron chi connectivity index (χ2n) is 5.02. The number of anilines is 1. The lowest BCUT2D eigenvalue weighted by atomic mass is 10.0. The van der Waals surface area contributed by atoms with Gasteiger partial charge in [0, 0.05) is 5.69 Å². The molecule has 0 fully saturated rings. The van der Waals surface area contributed by atoms with E-state index in [-0.39, 0.29) is 18.5 Å². The number of aromatic nitrogens is 2. The molecule has 1 aromatic heterocycles. The molecular formula is C14H19N3O3. The number of benzene rings is 1. The van der Waals surface area contributed by atoms with Crippen LogP contribution in [0, 0.1) is 5.92 Å². The van der Waals surface area contributed by atoms with Gasteiger partial charge in [-0.15, -0.1) is 0 Å². The predicted molar refractivity (Wildman–Crippen MR) is 76.0 cm³/mol. The molecule has 108 valence electrons. The molecule has 2 rings (SSSR count). The number of rotatable bonds is 4. The molecule has 0 saturated carbocycles. The molecule has 0 spiro atoms. The van der Waals surface area contributed by atoms with Crippen molar-refractivity contribution in [3.8, 4) is 0 Å². The fourth-order valence-electron chi connectivity index (χ4n) is 2.38. The van der Waals surface area contributed by atoms with Crippen molar-refractivity contribution in [2.75, 3.05) is 12.8 Å². The van der Waals surface area contributed by atoms with E-state index in [9.17, 15) is 9.90 Å². The van der Waals surface area contributed by atoms with E-state index in [1.807, 2.05) is 13.8 Å². The number of carbonyl (C=O) groups excluding carboxylic acids is 1. The Morgan fingerprint density at radius 3 is 2.75 bits per heavy atom. The van der Waals surface area contributed by atoms with E-state index >= 15 is 0 Å². The summed E-state index contributed by atoms with van der Waals surface area (Å²) in [5.41, 5.74) is 7.74. The summed E-state index contributed by atoms with van der Waals surface area (Å²) in [6, 6.07) is 4.74. The Bertz CT molecular complexity index is 634. The Balaban J connectivity index is 2.69. The molecule has 1 heterocycles. The molecule has 0 aliphatic heterocycles. The van der Waals surface area contributed by atoms with Crippen LogP contribution in [0.1, 0.15) is 25.7 Å². The second-order valence-corrected chi connectivity index (χ2v) is 5.02. The Morgan fingerprint density at radius 2 is 2.20 bits per heavy atom. The minimum atomic E-state index is -0.532. The van der Waals surface area contributed by atoms with Gasteiger partial charge in [0.25, 0.3) is 0 Å². The third kappa shape index (κ3) is 2.34. The summed E-state index contributed by atoms with van der Waals surface area (Å²) in [6.07, 6.45) is 0. The summed E-state index contributed by atoms with van der Waals surface area (Å²) < 4.78 is 6.60. The quantitative estimate of drug-likeness (QED) is 0.652. The van der Waals surface area contributed by atoms with Crippen molar-refractivity contribution >= 4 is 22.7 Å². The number of methoxy groups -OCH3 is 1. The number of hydrogen-bond acceptors (Lipinski definition) is 5. The van der Waals surface area contributed by atoms with Gasteiger partial charge in [0.2, 0.25) is 0 Å². The van der Waals surface area contributed by atoms with E-state index in [2.05, 4.69) is 4.98 Å². The van der Waals surface area contributed by atoms with Crippen molar-refractivity contribution in [2.45, 2.75) is 26.5 Å². The molecule has 0 radical (unpaired) electrons. The first kappa shape index (κ1) is 14.3. The minimum Gasteiger partial charge on any atom is -0.467 e. The van der Waals surface area contributed by atoms with Crippen molar-refractivity contribution in [2.24, 2.45) is 5.92 Å². The SMILES string of the molecule is COC(=O)C(C(C)C)n1c(CO)nc2cc(N)ccc21. The number of nitrogens with zero attached hydrogens (tertiary/aromatic N) is 2. The summed E-state index contributed by atoms with van der Waals surface area (Å²) in [5, 5.41) is 9.51. The van der Waals surface area contributed by atoms with Gasteiger partial charge in [0.05, 0.1) is 18.1 Å². The molecule has 0 aliphatic carbocycles. The molecular weight excluding hydrogens is 258 g/mol. The van der Waals surface area contributed by atoms with E-state index in [1.54, 1.807) is 22.8 Å². The van der Waals surface area contributed by atoms with Crippen LogP contribution in [0.3, 0.4) is 0 Å². The standard InChI is InChI=1S/C14H19N3O3/c1-8(2)13(14(19)20-3)17-11-5-4-9(15)6-10(11)16-12(17)7-18/h4-6,8,13,18H,7,15H2,1-3H3. The number of nitrogens with two attached hydrogens (primary N) is 1. The lowest BCUT2D eigenvalue weighted by Crippen LogP contribution is -2.27. The summed E-state index contributed by atoms with van der Waals surface area (Å²) >= 11 is 0. The molecule has 20 heavy (non-hydrogen) atoms. The van der Waals surface area contributed by atoms with Crippen molar-refractivity contribution < 1.29 is 14.6 Å². The molecule has 1 unspecified atom stereocenters. The summed E-state index contributed by atoms with van der Waals surface area (Å²) in [5.74, 6) is 0.0724. The van der Waals surface area contributed by atoms with Gasteiger partial charge < -0.3 is 20.1 Å².